The van der Waals surface area contributed by atoms with E-state index in [-0.39, 0.29) is 0 Å². The molecule has 0 amide bonds. The summed E-state index contributed by atoms with van der Waals surface area (Å²) in [4.78, 5) is 2.36. The summed E-state index contributed by atoms with van der Waals surface area (Å²) in [6, 6.07) is 55.9. The van der Waals surface area contributed by atoms with Crippen molar-refractivity contribution in [2.75, 3.05) is 0 Å². The number of furan rings is 1. The summed E-state index contributed by atoms with van der Waals surface area (Å²) in [5, 5.41) is 2.29. The van der Waals surface area contributed by atoms with Crippen molar-refractivity contribution in [2.24, 2.45) is 0 Å². The van der Waals surface area contributed by atoms with Gasteiger partial charge in [0.1, 0.15) is 22.7 Å². The Morgan fingerprint density at radius 1 is 0.477 bits per heavy atom. The molecule has 0 saturated heterocycles. The second-order valence-electron chi connectivity index (χ2n) is 11.2. The summed E-state index contributed by atoms with van der Waals surface area (Å²) in [6.07, 6.45) is 0. The predicted molar refractivity (Wildman–Crippen MR) is 181 cm³/mol. The number of thiophene rings is 1. The van der Waals surface area contributed by atoms with E-state index >= 15 is 0 Å². The van der Waals surface area contributed by atoms with E-state index in [1.807, 2.05) is 12.1 Å². The normalized spacial score (nSPS) is 13.4. The average molecular weight is 583 g/mol. The van der Waals surface area contributed by atoms with E-state index in [0.717, 1.165) is 55.7 Å². The molecular formula is C41H26O2S. The van der Waals surface area contributed by atoms with E-state index in [0.29, 0.717) is 0 Å². The van der Waals surface area contributed by atoms with Gasteiger partial charge in [0.05, 0.1) is 5.41 Å². The molecule has 0 radical (unpaired) electrons. The number of rotatable bonds is 4. The van der Waals surface area contributed by atoms with Gasteiger partial charge in [-0.15, -0.1) is 11.3 Å². The highest BCUT2D eigenvalue weighted by atomic mass is 32.1. The van der Waals surface area contributed by atoms with Gasteiger partial charge in [0, 0.05) is 37.2 Å². The van der Waals surface area contributed by atoms with E-state index in [1.165, 1.54) is 20.9 Å². The van der Waals surface area contributed by atoms with Crippen LogP contribution < -0.4 is 4.74 Å². The van der Waals surface area contributed by atoms with Crippen LogP contribution in [0.4, 0.5) is 0 Å². The molecule has 0 N–H and O–H groups in total. The molecule has 0 spiro atoms. The maximum atomic E-state index is 6.71. The Morgan fingerprint density at radius 2 is 1.14 bits per heavy atom. The van der Waals surface area contributed by atoms with E-state index in [2.05, 4.69) is 146 Å². The highest BCUT2D eigenvalue weighted by Gasteiger charge is 2.45. The van der Waals surface area contributed by atoms with Crippen LogP contribution in [-0.2, 0) is 5.41 Å². The predicted octanol–water partition coefficient (Wildman–Crippen LogP) is 11.5. The Balaban J connectivity index is 1.21. The summed E-state index contributed by atoms with van der Waals surface area (Å²) < 4.78 is 13.1. The maximum Gasteiger partial charge on any atom is 0.144 e. The zero-order chi connectivity index (χ0) is 29.1. The van der Waals surface area contributed by atoms with Gasteiger partial charge in [-0.1, -0.05) is 121 Å². The zero-order valence-electron chi connectivity index (χ0n) is 23.7. The molecule has 1 aliphatic rings. The Hall–Kier alpha value is -5.38. The Labute approximate surface area is 259 Å². The molecule has 1 aliphatic heterocycles. The molecule has 44 heavy (non-hydrogen) atoms. The van der Waals surface area contributed by atoms with Crippen LogP contribution in [0, 0.1) is 0 Å². The van der Waals surface area contributed by atoms with E-state index in [4.69, 9.17) is 9.15 Å². The molecule has 2 aromatic heterocycles. The summed E-state index contributed by atoms with van der Waals surface area (Å²) in [6.45, 7) is 0. The van der Waals surface area contributed by atoms with Crippen LogP contribution in [0.3, 0.4) is 0 Å². The van der Waals surface area contributed by atoms with Crippen LogP contribution in [0.15, 0.2) is 162 Å². The molecule has 0 fully saturated rings. The molecule has 208 valence electrons. The number of hydrogen-bond acceptors (Lipinski definition) is 3. The fourth-order valence-electron chi connectivity index (χ4n) is 6.94. The van der Waals surface area contributed by atoms with E-state index in [1.54, 1.807) is 11.3 Å². The van der Waals surface area contributed by atoms with Crippen LogP contribution >= 0.6 is 11.3 Å². The van der Waals surface area contributed by atoms with Crippen molar-refractivity contribution >= 4 is 33.3 Å². The zero-order valence-corrected chi connectivity index (χ0v) is 24.6. The third-order valence-electron chi connectivity index (χ3n) is 8.87. The molecule has 8 aromatic rings. The third kappa shape index (κ3) is 3.66. The van der Waals surface area contributed by atoms with Gasteiger partial charge in [-0.2, -0.15) is 0 Å². The molecule has 0 saturated carbocycles. The van der Waals surface area contributed by atoms with Gasteiger partial charge in [-0.25, -0.2) is 0 Å². The first kappa shape index (κ1) is 25.1. The summed E-state index contributed by atoms with van der Waals surface area (Å²) >= 11 is 1.78. The first-order valence-electron chi connectivity index (χ1n) is 14.8. The summed E-state index contributed by atoms with van der Waals surface area (Å²) in [7, 11) is 0. The molecule has 9 rings (SSSR count). The van der Waals surface area contributed by atoms with Crippen LogP contribution in [-0.4, -0.2) is 0 Å². The van der Waals surface area contributed by atoms with E-state index < -0.39 is 5.41 Å². The second kappa shape index (κ2) is 9.84. The number of hydrogen-bond donors (Lipinski definition) is 0. The highest BCUT2D eigenvalue weighted by Crippen LogP contribution is 2.56. The smallest absolute Gasteiger partial charge is 0.144 e. The van der Waals surface area contributed by atoms with Gasteiger partial charge < -0.3 is 9.15 Å². The van der Waals surface area contributed by atoms with Crippen molar-refractivity contribution in [3.63, 3.8) is 0 Å². The minimum atomic E-state index is -0.511. The lowest BCUT2D eigenvalue weighted by atomic mass is 9.63. The second-order valence-corrected chi connectivity index (χ2v) is 12.3. The molecule has 0 unspecified atom stereocenters. The van der Waals surface area contributed by atoms with Crippen molar-refractivity contribution in [3.05, 3.63) is 180 Å². The minimum absolute atomic E-state index is 0.511. The lowest BCUT2D eigenvalue weighted by Crippen LogP contribution is -2.34. The molecular weight excluding hydrogens is 557 g/mol. The number of ether oxygens (including phenoxy) is 1. The fourth-order valence-corrected chi connectivity index (χ4v) is 7.97. The van der Waals surface area contributed by atoms with Gasteiger partial charge in [0.15, 0.2) is 0 Å². The Morgan fingerprint density at radius 3 is 1.95 bits per heavy atom. The number of para-hydroxylation sites is 3. The van der Waals surface area contributed by atoms with Crippen molar-refractivity contribution in [3.8, 4) is 32.4 Å². The monoisotopic (exact) mass is 582 g/mol. The van der Waals surface area contributed by atoms with Crippen LogP contribution in [0.5, 0.6) is 11.5 Å². The van der Waals surface area contributed by atoms with Crippen LogP contribution in [0.1, 0.15) is 22.3 Å². The van der Waals surface area contributed by atoms with Crippen LogP contribution in [0.25, 0.3) is 42.8 Å². The van der Waals surface area contributed by atoms with Gasteiger partial charge in [0.2, 0.25) is 0 Å². The first-order valence-corrected chi connectivity index (χ1v) is 15.7. The van der Waals surface area contributed by atoms with Gasteiger partial charge >= 0.3 is 0 Å². The van der Waals surface area contributed by atoms with Crippen LogP contribution in [0.2, 0.25) is 0 Å². The molecule has 3 heteroatoms. The third-order valence-corrected chi connectivity index (χ3v) is 10.0. The first-order chi connectivity index (χ1) is 21.8. The van der Waals surface area contributed by atoms with E-state index in [9.17, 15) is 0 Å². The minimum Gasteiger partial charge on any atom is -0.457 e. The SMILES string of the molecule is c1ccc(C2(c3ccccc3)c3ccccc3Oc3cc(-c4ccc(-c5cccc6c5oc5ccccc56)s4)ccc32)cc1. The lowest BCUT2D eigenvalue weighted by molar-refractivity contribution is 0.435. The van der Waals surface area contributed by atoms with Crippen molar-refractivity contribution in [1.29, 1.82) is 0 Å². The summed E-state index contributed by atoms with van der Waals surface area (Å²) in [5.41, 5.74) is 8.30. The maximum absolute atomic E-state index is 6.71. The lowest BCUT2D eigenvalue weighted by Gasteiger charge is -2.41. The number of fused-ring (bicyclic) bond motifs is 5. The summed E-state index contributed by atoms with van der Waals surface area (Å²) in [5.74, 6) is 1.76. The fraction of sp³-hybridized carbons (Fsp3) is 0.0244. The molecule has 0 bridgehead atoms. The molecule has 3 heterocycles. The van der Waals surface area contributed by atoms with Crippen molar-refractivity contribution < 1.29 is 9.15 Å². The molecule has 6 aromatic carbocycles. The quantitative estimate of drug-likeness (QED) is 0.206. The molecule has 2 nitrogen and oxygen atoms in total. The van der Waals surface area contributed by atoms with Gasteiger partial charge in [0.25, 0.3) is 0 Å². The largest absolute Gasteiger partial charge is 0.457 e. The standard InChI is InChI=1S/C41H26O2S/c1-3-12-28(13-4-1)41(29-14-5-2-6-15-29)33-19-8-10-21-36(33)42-37-26-27(22-23-34(37)41)38-24-25-39(44-38)32-18-11-17-31-30-16-7-9-20-35(30)43-40(31)32/h1-26H. The van der Waals surface area contributed by atoms with Gasteiger partial charge in [-0.05, 0) is 53.1 Å². The van der Waals surface area contributed by atoms with Gasteiger partial charge in [-0.3, -0.25) is 0 Å². The van der Waals surface area contributed by atoms with Crippen molar-refractivity contribution in [2.45, 2.75) is 5.41 Å². The number of benzene rings is 6. The average Bonchev–Trinajstić information content (AvgIpc) is 3.73. The van der Waals surface area contributed by atoms with Crippen molar-refractivity contribution in [1.82, 2.24) is 0 Å². The molecule has 0 atom stereocenters. The Bertz CT molecular complexity index is 2270. The molecule has 0 aliphatic carbocycles. The Kier molecular flexibility index (Phi) is 5.62. The topological polar surface area (TPSA) is 22.4 Å². The highest BCUT2D eigenvalue weighted by molar-refractivity contribution is 7.18.